The minimum Gasteiger partial charge on any atom is -0.377 e. The molecule has 0 saturated carbocycles. The average molecular weight is 423 g/mol. The number of hydrogen-bond acceptors (Lipinski definition) is 3. The van der Waals surface area contributed by atoms with E-state index in [2.05, 4.69) is 57.1 Å². The molecule has 2 aliphatic rings. The molecule has 2 aliphatic heterocycles. The molecule has 2 saturated heterocycles. The Morgan fingerprint density at radius 1 is 1.13 bits per heavy atom. The summed E-state index contributed by atoms with van der Waals surface area (Å²) in [6, 6.07) is 0.370. The average Bonchev–Trinajstić information content (AvgIpc) is 2.73. The van der Waals surface area contributed by atoms with Crippen LogP contribution in [0.15, 0.2) is 4.99 Å². The monoisotopic (exact) mass is 422 g/mol. The number of guanidine groups is 1. The molecule has 2 rings (SSSR count). The van der Waals surface area contributed by atoms with Crippen LogP contribution >= 0.6 is 0 Å². The largest absolute Gasteiger partial charge is 0.377 e. The maximum Gasteiger partial charge on any atom is 0.225 e. The molecule has 6 heteroatoms. The van der Waals surface area contributed by atoms with Crippen molar-refractivity contribution >= 4 is 11.9 Å². The van der Waals surface area contributed by atoms with Gasteiger partial charge >= 0.3 is 0 Å². The zero-order chi connectivity index (χ0) is 22.1. The fourth-order valence-corrected chi connectivity index (χ4v) is 4.85. The first-order chi connectivity index (χ1) is 14.3. The molecule has 2 unspecified atom stereocenters. The van der Waals surface area contributed by atoms with Gasteiger partial charge in [0.15, 0.2) is 5.96 Å². The Balaban J connectivity index is 1.90. The van der Waals surface area contributed by atoms with E-state index in [-0.39, 0.29) is 17.4 Å². The van der Waals surface area contributed by atoms with E-state index in [1.807, 2.05) is 0 Å². The fourth-order valence-electron chi connectivity index (χ4n) is 4.85. The number of carbonyl (C=O) groups is 1. The van der Waals surface area contributed by atoms with Gasteiger partial charge in [-0.05, 0) is 50.9 Å². The number of piperidine rings is 1. The molecule has 0 aromatic heterocycles. The molecule has 2 N–H and O–H groups in total. The SMILES string of the molecule is CCNC(=NCC1CCCOC1C(C)(C)C)NC1CCN(C(=O)C(CC)CC)CC1. The molecule has 1 amide bonds. The minimum absolute atomic E-state index is 0.139. The van der Waals surface area contributed by atoms with E-state index in [1.54, 1.807) is 0 Å². The lowest BCUT2D eigenvalue weighted by atomic mass is 9.78. The van der Waals surface area contributed by atoms with Crippen molar-refractivity contribution in [3.8, 4) is 0 Å². The second-order valence-corrected chi connectivity index (χ2v) is 10.0. The molecule has 2 heterocycles. The van der Waals surface area contributed by atoms with Crippen LogP contribution in [-0.4, -0.2) is 61.7 Å². The van der Waals surface area contributed by atoms with Gasteiger partial charge in [0.05, 0.1) is 6.10 Å². The summed E-state index contributed by atoms with van der Waals surface area (Å²) in [5.41, 5.74) is 0.139. The van der Waals surface area contributed by atoms with Crippen LogP contribution in [0.2, 0.25) is 0 Å². The first-order valence-corrected chi connectivity index (χ1v) is 12.2. The molecule has 0 radical (unpaired) electrons. The number of amides is 1. The minimum atomic E-state index is 0.139. The second kappa shape index (κ2) is 11.9. The molecule has 0 aromatic carbocycles. The summed E-state index contributed by atoms with van der Waals surface area (Å²) in [4.78, 5) is 19.6. The second-order valence-electron chi connectivity index (χ2n) is 10.0. The predicted octanol–water partition coefficient (Wildman–Crippen LogP) is 3.81. The highest BCUT2D eigenvalue weighted by molar-refractivity contribution is 5.80. The molecule has 30 heavy (non-hydrogen) atoms. The van der Waals surface area contributed by atoms with Gasteiger partial charge in [0.25, 0.3) is 0 Å². The highest BCUT2D eigenvalue weighted by Crippen LogP contribution is 2.34. The summed E-state index contributed by atoms with van der Waals surface area (Å²) in [7, 11) is 0. The molecular formula is C24H46N4O2. The molecule has 2 atom stereocenters. The molecule has 0 aliphatic carbocycles. The Hall–Kier alpha value is -1.30. The third kappa shape index (κ3) is 7.14. The van der Waals surface area contributed by atoms with Crippen molar-refractivity contribution in [3.05, 3.63) is 0 Å². The van der Waals surface area contributed by atoms with E-state index >= 15 is 0 Å². The van der Waals surface area contributed by atoms with Crippen molar-refractivity contribution in [2.75, 3.05) is 32.8 Å². The first kappa shape index (κ1) is 25.0. The molecule has 0 aromatic rings. The van der Waals surface area contributed by atoms with Crippen molar-refractivity contribution in [1.29, 1.82) is 0 Å². The maximum absolute atomic E-state index is 12.6. The van der Waals surface area contributed by atoms with Crippen LogP contribution in [-0.2, 0) is 9.53 Å². The summed E-state index contributed by atoms with van der Waals surface area (Å²) in [6.07, 6.45) is 6.40. The quantitative estimate of drug-likeness (QED) is 0.484. The molecule has 6 nitrogen and oxygen atoms in total. The smallest absolute Gasteiger partial charge is 0.225 e. The van der Waals surface area contributed by atoms with E-state index in [1.165, 1.54) is 6.42 Å². The number of rotatable bonds is 7. The Morgan fingerprint density at radius 3 is 2.37 bits per heavy atom. The Labute approximate surface area is 184 Å². The Bertz CT molecular complexity index is 546. The van der Waals surface area contributed by atoms with Gasteiger partial charge in [-0.15, -0.1) is 0 Å². The van der Waals surface area contributed by atoms with Crippen molar-refractivity contribution in [3.63, 3.8) is 0 Å². The number of hydrogen-bond donors (Lipinski definition) is 2. The summed E-state index contributed by atoms with van der Waals surface area (Å²) >= 11 is 0. The number of nitrogens with zero attached hydrogens (tertiary/aromatic N) is 2. The molecule has 174 valence electrons. The number of ether oxygens (including phenoxy) is 1. The van der Waals surface area contributed by atoms with Crippen LogP contribution in [0.5, 0.6) is 0 Å². The van der Waals surface area contributed by atoms with Crippen molar-refractivity contribution < 1.29 is 9.53 Å². The zero-order valence-corrected chi connectivity index (χ0v) is 20.3. The first-order valence-electron chi connectivity index (χ1n) is 12.2. The topological polar surface area (TPSA) is 66.0 Å². The summed E-state index contributed by atoms with van der Waals surface area (Å²) in [6.45, 7) is 17.3. The lowest BCUT2D eigenvalue weighted by Crippen LogP contribution is -2.51. The van der Waals surface area contributed by atoms with E-state index in [0.717, 1.165) is 70.8 Å². The third-order valence-electron chi connectivity index (χ3n) is 6.61. The van der Waals surface area contributed by atoms with Crippen molar-refractivity contribution in [2.45, 2.75) is 92.2 Å². The standard InChI is InChI=1S/C24H46N4O2/c1-7-18(8-2)22(29)28-14-12-20(13-15-28)27-23(25-9-3)26-17-19-11-10-16-30-21(19)24(4,5)6/h18-21H,7-17H2,1-6H3,(H2,25,26,27). The van der Waals surface area contributed by atoms with Gasteiger partial charge in [0.2, 0.25) is 5.91 Å². The van der Waals surface area contributed by atoms with Crippen molar-refractivity contribution in [2.24, 2.45) is 22.2 Å². The number of nitrogens with one attached hydrogen (secondary N) is 2. The van der Waals surface area contributed by atoms with Gasteiger partial charge < -0.3 is 20.3 Å². The maximum atomic E-state index is 12.6. The van der Waals surface area contributed by atoms with E-state index < -0.39 is 0 Å². The van der Waals surface area contributed by atoms with Crippen LogP contribution in [0.4, 0.5) is 0 Å². The highest BCUT2D eigenvalue weighted by atomic mass is 16.5. The van der Waals surface area contributed by atoms with Gasteiger partial charge in [-0.25, -0.2) is 0 Å². The summed E-state index contributed by atoms with van der Waals surface area (Å²) in [5.74, 6) is 1.89. The van der Waals surface area contributed by atoms with E-state index in [9.17, 15) is 4.79 Å². The van der Waals surface area contributed by atoms with Gasteiger partial charge in [-0.1, -0.05) is 34.6 Å². The van der Waals surface area contributed by atoms with Crippen LogP contribution in [0.3, 0.4) is 0 Å². The fraction of sp³-hybridized carbons (Fsp3) is 0.917. The number of aliphatic imine (C=N–C) groups is 1. The van der Waals surface area contributed by atoms with Gasteiger partial charge in [0, 0.05) is 50.7 Å². The number of likely N-dealkylation sites (tertiary alicyclic amines) is 1. The molecule has 0 bridgehead atoms. The molecular weight excluding hydrogens is 376 g/mol. The van der Waals surface area contributed by atoms with Crippen LogP contribution in [0, 0.1) is 17.3 Å². The van der Waals surface area contributed by atoms with E-state index in [0.29, 0.717) is 17.9 Å². The van der Waals surface area contributed by atoms with Gasteiger partial charge in [0.1, 0.15) is 0 Å². The Kier molecular flexibility index (Phi) is 9.92. The zero-order valence-electron chi connectivity index (χ0n) is 20.3. The third-order valence-corrected chi connectivity index (χ3v) is 6.61. The van der Waals surface area contributed by atoms with Crippen LogP contribution in [0.1, 0.15) is 80.1 Å². The van der Waals surface area contributed by atoms with E-state index in [4.69, 9.17) is 9.73 Å². The summed E-state index contributed by atoms with van der Waals surface area (Å²) < 4.78 is 6.12. The Morgan fingerprint density at radius 2 is 1.80 bits per heavy atom. The van der Waals surface area contributed by atoms with Crippen LogP contribution in [0.25, 0.3) is 0 Å². The predicted molar refractivity (Wildman–Crippen MR) is 125 cm³/mol. The highest BCUT2D eigenvalue weighted by Gasteiger charge is 2.35. The van der Waals surface area contributed by atoms with Crippen molar-refractivity contribution in [1.82, 2.24) is 15.5 Å². The molecule has 2 fully saturated rings. The lowest BCUT2D eigenvalue weighted by molar-refractivity contribution is -0.136. The van der Waals surface area contributed by atoms with Gasteiger partial charge in [-0.3, -0.25) is 9.79 Å². The molecule has 0 spiro atoms. The van der Waals surface area contributed by atoms with Gasteiger partial charge in [-0.2, -0.15) is 0 Å². The summed E-state index contributed by atoms with van der Waals surface area (Å²) in [5, 5.41) is 7.04. The normalized spacial score (nSPS) is 24.2. The van der Waals surface area contributed by atoms with Crippen LogP contribution < -0.4 is 10.6 Å². The lowest BCUT2D eigenvalue weighted by Gasteiger charge is -2.39. The number of carbonyl (C=O) groups excluding carboxylic acids is 1.